The summed E-state index contributed by atoms with van der Waals surface area (Å²) in [6.45, 7) is 9.63. The first-order valence-corrected chi connectivity index (χ1v) is 10.2. The van der Waals surface area contributed by atoms with Crippen LogP contribution in [0.15, 0.2) is 36.7 Å². The summed E-state index contributed by atoms with van der Waals surface area (Å²) in [6.07, 6.45) is 3.79. The molecule has 1 unspecified atom stereocenters. The first kappa shape index (κ1) is 19.3. The van der Waals surface area contributed by atoms with Crippen molar-refractivity contribution >= 4 is 45.0 Å². The number of hydrogen-bond donors (Lipinski definition) is 1. The van der Waals surface area contributed by atoms with Gasteiger partial charge in [0.1, 0.15) is 5.15 Å². The highest BCUT2D eigenvalue weighted by molar-refractivity contribution is 6.34. The number of fused-ring (bicyclic) bond motifs is 2. The minimum Gasteiger partial charge on any atom is -0.358 e. The van der Waals surface area contributed by atoms with E-state index in [0.29, 0.717) is 5.15 Å². The fourth-order valence-corrected chi connectivity index (χ4v) is 4.42. The number of aromatic amines is 1. The predicted octanol–water partition coefficient (Wildman–Crippen LogP) is 5.75. The van der Waals surface area contributed by atoms with Gasteiger partial charge in [-0.3, -0.25) is 0 Å². The lowest BCUT2D eigenvalue weighted by atomic mass is 9.92. The van der Waals surface area contributed by atoms with E-state index in [-0.39, 0.29) is 11.3 Å². The topological polar surface area (TPSA) is 37.5 Å². The molecule has 4 heterocycles. The predicted molar refractivity (Wildman–Crippen MR) is 116 cm³/mol. The van der Waals surface area contributed by atoms with Crippen LogP contribution in [0.3, 0.4) is 0 Å². The average Bonchev–Trinajstić information content (AvgIpc) is 3.20. The van der Waals surface area contributed by atoms with E-state index in [1.165, 1.54) is 5.69 Å². The molecule has 0 aliphatic heterocycles. The second kappa shape index (κ2) is 6.78. The molecule has 0 spiro atoms. The van der Waals surface area contributed by atoms with E-state index in [9.17, 15) is 0 Å². The largest absolute Gasteiger partial charge is 0.358 e. The zero-order valence-corrected chi connectivity index (χ0v) is 18.4. The SMILES string of the molecule is CC(C[n+]1ccc2c(cc(C(C)(C)C)n2C)c1Cl)c1cc2c(Cl)nccc2[nH]1. The van der Waals surface area contributed by atoms with E-state index in [0.717, 1.165) is 39.2 Å². The number of rotatable bonds is 3. The van der Waals surface area contributed by atoms with Gasteiger partial charge < -0.3 is 9.55 Å². The Morgan fingerprint density at radius 1 is 1.18 bits per heavy atom. The van der Waals surface area contributed by atoms with Crippen LogP contribution in [0.5, 0.6) is 0 Å². The third-order valence-corrected chi connectivity index (χ3v) is 6.18. The molecule has 4 aromatic rings. The monoisotopic (exact) mass is 415 g/mol. The minimum absolute atomic E-state index is 0.0624. The molecular weight excluding hydrogens is 391 g/mol. The highest BCUT2D eigenvalue weighted by Crippen LogP contribution is 2.31. The Bertz CT molecular complexity index is 1180. The number of H-pyrrole nitrogens is 1. The van der Waals surface area contributed by atoms with Crippen LogP contribution in [0, 0.1) is 0 Å². The summed E-state index contributed by atoms with van der Waals surface area (Å²) in [7, 11) is 2.11. The third kappa shape index (κ3) is 3.19. The maximum atomic E-state index is 6.82. The van der Waals surface area contributed by atoms with Gasteiger partial charge in [-0.15, -0.1) is 0 Å². The number of nitrogens with zero attached hydrogens (tertiary/aromatic N) is 3. The lowest BCUT2D eigenvalue weighted by Gasteiger charge is -2.19. The molecule has 0 aromatic carbocycles. The minimum atomic E-state index is 0.0624. The maximum absolute atomic E-state index is 6.82. The van der Waals surface area contributed by atoms with Crippen molar-refractivity contribution in [2.75, 3.05) is 0 Å². The molecular formula is C22H25Cl2N4+. The Hall–Kier alpha value is -2.04. The van der Waals surface area contributed by atoms with Crippen molar-refractivity contribution in [3.63, 3.8) is 0 Å². The van der Waals surface area contributed by atoms with Gasteiger partial charge in [0.05, 0.1) is 22.3 Å². The summed E-state index contributed by atoms with van der Waals surface area (Å²) in [4.78, 5) is 7.62. The molecule has 0 bridgehead atoms. The Labute approximate surface area is 175 Å². The van der Waals surface area contributed by atoms with Crippen LogP contribution in [0.1, 0.15) is 45.0 Å². The van der Waals surface area contributed by atoms with Gasteiger partial charge in [-0.25, -0.2) is 4.98 Å². The molecule has 1 N–H and O–H groups in total. The van der Waals surface area contributed by atoms with Crippen LogP contribution in [-0.4, -0.2) is 14.5 Å². The standard InChI is InChI=1S/C22H25Cl2N4/c1-13(17-10-14-16(26-17)6-8-25-20(14)23)12-28-9-7-18-15(21(28)24)11-19(27(18)5)22(2,3)4/h6-11,13,26H,12H2,1-5H3/q+1. The van der Waals surface area contributed by atoms with Crippen LogP contribution in [0.25, 0.3) is 21.8 Å². The van der Waals surface area contributed by atoms with Gasteiger partial charge in [-0.05, 0) is 29.8 Å². The molecule has 0 fully saturated rings. The lowest BCUT2D eigenvalue weighted by molar-refractivity contribution is -0.695. The van der Waals surface area contributed by atoms with Crippen LogP contribution >= 0.6 is 23.2 Å². The zero-order chi connectivity index (χ0) is 20.2. The van der Waals surface area contributed by atoms with Gasteiger partial charge in [0, 0.05) is 41.5 Å². The van der Waals surface area contributed by atoms with E-state index in [4.69, 9.17) is 23.2 Å². The smallest absolute Gasteiger partial charge is 0.284 e. The molecule has 28 heavy (non-hydrogen) atoms. The molecule has 4 rings (SSSR count). The third-order valence-electron chi connectivity index (χ3n) is 5.46. The number of nitrogens with one attached hydrogen (secondary N) is 1. The van der Waals surface area contributed by atoms with Gasteiger partial charge >= 0.3 is 0 Å². The van der Waals surface area contributed by atoms with Crippen LogP contribution in [0.2, 0.25) is 10.3 Å². The summed E-state index contributed by atoms with van der Waals surface area (Å²) in [5.41, 5.74) is 4.62. The molecule has 0 saturated carbocycles. The summed E-state index contributed by atoms with van der Waals surface area (Å²) < 4.78 is 4.36. The van der Waals surface area contributed by atoms with Crippen molar-refractivity contribution < 1.29 is 4.57 Å². The maximum Gasteiger partial charge on any atom is 0.284 e. The van der Waals surface area contributed by atoms with E-state index >= 15 is 0 Å². The van der Waals surface area contributed by atoms with Crippen LogP contribution in [-0.2, 0) is 19.0 Å². The average molecular weight is 416 g/mol. The molecule has 146 valence electrons. The molecule has 1 atom stereocenters. The first-order valence-electron chi connectivity index (χ1n) is 9.48. The van der Waals surface area contributed by atoms with Crippen molar-refractivity contribution in [2.24, 2.45) is 7.05 Å². The molecule has 0 aliphatic carbocycles. The van der Waals surface area contributed by atoms with Crippen molar-refractivity contribution in [3.8, 4) is 0 Å². The quantitative estimate of drug-likeness (QED) is 0.335. The van der Waals surface area contributed by atoms with E-state index < -0.39 is 0 Å². The fourth-order valence-electron chi connectivity index (χ4n) is 3.93. The van der Waals surface area contributed by atoms with Crippen molar-refractivity contribution in [1.82, 2.24) is 14.5 Å². The van der Waals surface area contributed by atoms with Crippen LogP contribution < -0.4 is 4.57 Å². The molecule has 0 amide bonds. The van der Waals surface area contributed by atoms with E-state index in [2.05, 4.69) is 78.2 Å². The summed E-state index contributed by atoms with van der Waals surface area (Å²) >= 11 is 13.0. The number of hydrogen-bond acceptors (Lipinski definition) is 1. The Morgan fingerprint density at radius 2 is 1.93 bits per heavy atom. The highest BCUT2D eigenvalue weighted by atomic mass is 35.5. The number of halogens is 2. The fraction of sp³-hybridized carbons (Fsp3) is 0.364. The molecule has 6 heteroatoms. The molecule has 4 aromatic heterocycles. The van der Waals surface area contributed by atoms with Gasteiger partial charge in [0.15, 0.2) is 12.7 Å². The molecule has 4 nitrogen and oxygen atoms in total. The lowest BCUT2D eigenvalue weighted by Crippen LogP contribution is -2.37. The van der Waals surface area contributed by atoms with E-state index in [1.54, 1.807) is 6.20 Å². The number of aromatic nitrogens is 4. The van der Waals surface area contributed by atoms with Gasteiger partial charge in [-0.1, -0.05) is 39.3 Å². The molecule has 0 radical (unpaired) electrons. The summed E-state index contributed by atoms with van der Waals surface area (Å²) in [5, 5.41) is 3.34. The van der Waals surface area contributed by atoms with Gasteiger partial charge in [0.2, 0.25) is 0 Å². The zero-order valence-electron chi connectivity index (χ0n) is 16.8. The van der Waals surface area contributed by atoms with E-state index in [1.807, 2.05) is 6.07 Å². The van der Waals surface area contributed by atoms with Crippen molar-refractivity contribution in [1.29, 1.82) is 0 Å². The van der Waals surface area contributed by atoms with Gasteiger partial charge in [0.25, 0.3) is 5.15 Å². The Balaban J connectivity index is 1.70. The van der Waals surface area contributed by atoms with Gasteiger partial charge in [-0.2, -0.15) is 4.57 Å². The van der Waals surface area contributed by atoms with Crippen LogP contribution in [0.4, 0.5) is 0 Å². The molecule has 0 aliphatic rings. The summed E-state index contributed by atoms with van der Waals surface area (Å²) in [5.74, 6) is 0.245. The number of pyridine rings is 2. The highest BCUT2D eigenvalue weighted by Gasteiger charge is 2.25. The number of aryl methyl sites for hydroxylation is 1. The van der Waals surface area contributed by atoms with Crippen molar-refractivity contribution in [2.45, 2.75) is 45.6 Å². The first-order chi connectivity index (χ1) is 13.2. The second-order valence-corrected chi connectivity index (χ2v) is 9.30. The normalized spacial score (nSPS) is 13.5. The summed E-state index contributed by atoms with van der Waals surface area (Å²) in [6, 6.07) is 8.40. The molecule has 0 saturated heterocycles. The van der Waals surface area contributed by atoms with Crippen molar-refractivity contribution in [3.05, 3.63) is 58.4 Å². The second-order valence-electron chi connectivity index (χ2n) is 8.59. The Morgan fingerprint density at radius 3 is 2.61 bits per heavy atom. The Kier molecular flexibility index (Phi) is 4.67.